The molecule has 1 heteroatoms. The van der Waals surface area contributed by atoms with Gasteiger partial charge in [-0.2, -0.15) is 0 Å². The minimum absolute atomic E-state index is 0.833. The van der Waals surface area contributed by atoms with Crippen LogP contribution in [0.2, 0.25) is 0 Å². The van der Waals surface area contributed by atoms with E-state index in [9.17, 15) is 0 Å². The lowest BCUT2D eigenvalue weighted by molar-refractivity contribution is 0.578. The van der Waals surface area contributed by atoms with Gasteiger partial charge >= 0.3 is 0 Å². The zero-order valence-electron chi connectivity index (χ0n) is 11.5. The molecule has 0 aliphatic heterocycles. The third-order valence-corrected chi connectivity index (χ3v) is 2.06. The van der Waals surface area contributed by atoms with Crippen LogP contribution in [0.15, 0.2) is 0 Å². The predicted octanol–water partition coefficient (Wildman–Crippen LogP) is 4.75. The van der Waals surface area contributed by atoms with Gasteiger partial charge in [0.05, 0.1) is 0 Å². The first-order chi connectivity index (χ1) is 7.15. The average Bonchev–Trinajstić information content (AvgIpc) is 2.16. The van der Waals surface area contributed by atoms with Crippen molar-refractivity contribution in [1.82, 2.24) is 0 Å². The summed E-state index contributed by atoms with van der Waals surface area (Å²) >= 11 is 0. The molecule has 2 N–H and O–H groups in total. The normalized spacial score (nSPS) is 10.0. The molecule has 0 radical (unpaired) electrons. The molecule has 15 heavy (non-hydrogen) atoms. The lowest BCUT2D eigenvalue weighted by Gasteiger charge is -1.99. The largest absolute Gasteiger partial charge is 0.330 e. The highest BCUT2D eigenvalue weighted by Gasteiger charge is 1.89. The molecule has 0 aliphatic rings. The van der Waals surface area contributed by atoms with Crippen LogP contribution in [0.5, 0.6) is 0 Å². The topological polar surface area (TPSA) is 26.0 Å². The molecule has 0 aromatic carbocycles. The molecular weight excluding hydrogens is 182 g/mol. The SMILES string of the molecule is CC(C)C.CCCCCCCCCCN. The quantitative estimate of drug-likeness (QED) is 0.581. The standard InChI is InChI=1S/C10H23N.C4H10/c1-2-3-4-5-6-7-8-9-10-11;1-4(2)3/h2-11H2,1H3;4H,1-3H3. The maximum absolute atomic E-state index is 5.39. The van der Waals surface area contributed by atoms with Crippen molar-refractivity contribution in [3.63, 3.8) is 0 Å². The Balaban J connectivity index is 0. The lowest BCUT2D eigenvalue weighted by Crippen LogP contribution is -1.97. The van der Waals surface area contributed by atoms with E-state index in [2.05, 4.69) is 27.7 Å². The zero-order chi connectivity index (χ0) is 11.9. The summed E-state index contributed by atoms with van der Waals surface area (Å²) in [5.74, 6) is 0.833. The van der Waals surface area contributed by atoms with Gasteiger partial charge in [0.2, 0.25) is 0 Å². The molecule has 0 rings (SSSR count). The van der Waals surface area contributed by atoms with Crippen molar-refractivity contribution in [1.29, 1.82) is 0 Å². The fraction of sp³-hybridized carbons (Fsp3) is 1.00. The third kappa shape index (κ3) is 31.5. The van der Waals surface area contributed by atoms with E-state index in [4.69, 9.17) is 5.73 Å². The van der Waals surface area contributed by atoms with Gasteiger partial charge < -0.3 is 5.73 Å². The van der Waals surface area contributed by atoms with E-state index in [0.717, 1.165) is 12.5 Å². The molecule has 0 bridgehead atoms. The number of hydrogen-bond acceptors (Lipinski definition) is 1. The predicted molar refractivity (Wildman–Crippen MR) is 72.2 cm³/mol. The van der Waals surface area contributed by atoms with E-state index in [1.54, 1.807) is 0 Å². The van der Waals surface area contributed by atoms with Gasteiger partial charge in [-0.3, -0.25) is 0 Å². The lowest BCUT2D eigenvalue weighted by atomic mass is 10.1. The number of unbranched alkanes of at least 4 members (excludes halogenated alkanes) is 7. The Hall–Kier alpha value is -0.0400. The Morgan fingerprint density at radius 2 is 1.07 bits per heavy atom. The Labute approximate surface area is 97.8 Å². The van der Waals surface area contributed by atoms with Crippen molar-refractivity contribution in [3.05, 3.63) is 0 Å². The van der Waals surface area contributed by atoms with Crippen LogP contribution in [0, 0.1) is 5.92 Å². The van der Waals surface area contributed by atoms with Crippen LogP contribution in [0.25, 0.3) is 0 Å². The number of hydrogen-bond donors (Lipinski definition) is 1. The van der Waals surface area contributed by atoms with Crippen molar-refractivity contribution in [2.24, 2.45) is 11.7 Å². The highest BCUT2D eigenvalue weighted by molar-refractivity contribution is 4.45. The molecule has 1 nitrogen and oxygen atoms in total. The van der Waals surface area contributed by atoms with Crippen molar-refractivity contribution >= 4 is 0 Å². The van der Waals surface area contributed by atoms with Crippen LogP contribution >= 0.6 is 0 Å². The fourth-order valence-electron chi connectivity index (χ4n) is 1.28. The molecule has 94 valence electrons. The Kier molecular flexibility index (Phi) is 19.0. The monoisotopic (exact) mass is 215 g/mol. The van der Waals surface area contributed by atoms with Crippen molar-refractivity contribution in [2.75, 3.05) is 6.54 Å². The van der Waals surface area contributed by atoms with Gasteiger partial charge in [-0.1, -0.05) is 72.6 Å². The fourth-order valence-corrected chi connectivity index (χ4v) is 1.28. The summed E-state index contributed by atoms with van der Waals surface area (Å²) in [4.78, 5) is 0. The molecule has 0 atom stereocenters. The van der Waals surface area contributed by atoms with Crippen LogP contribution in [0.3, 0.4) is 0 Å². The van der Waals surface area contributed by atoms with E-state index in [-0.39, 0.29) is 0 Å². The first kappa shape index (κ1) is 17.4. The smallest absolute Gasteiger partial charge is 0.00773 e. The molecule has 0 heterocycles. The van der Waals surface area contributed by atoms with Crippen molar-refractivity contribution < 1.29 is 0 Å². The molecule has 0 aromatic heterocycles. The second-order valence-corrected chi connectivity index (χ2v) is 5.00. The van der Waals surface area contributed by atoms with E-state index in [0.29, 0.717) is 0 Å². The van der Waals surface area contributed by atoms with Crippen LogP contribution in [-0.2, 0) is 0 Å². The molecule has 0 saturated heterocycles. The van der Waals surface area contributed by atoms with Crippen LogP contribution in [0.1, 0.15) is 79.1 Å². The summed E-state index contributed by atoms with van der Waals surface area (Å²) < 4.78 is 0. The van der Waals surface area contributed by atoms with Gasteiger partial charge in [0.15, 0.2) is 0 Å². The molecule has 0 amide bonds. The Morgan fingerprint density at radius 1 is 0.733 bits per heavy atom. The molecule has 0 unspecified atom stereocenters. The minimum Gasteiger partial charge on any atom is -0.330 e. The summed E-state index contributed by atoms with van der Waals surface area (Å²) in [6.45, 7) is 9.63. The van der Waals surface area contributed by atoms with Gasteiger partial charge in [-0.15, -0.1) is 0 Å². The molecule has 0 spiro atoms. The maximum atomic E-state index is 5.39. The molecular formula is C14H33N. The van der Waals surface area contributed by atoms with Gasteiger partial charge in [-0.05, 0) is 18.9 Å². The van der Waals surface area contributed by atoms with Crippen molar-refractivity contribution in [2.45, 2.75) is 79.1 Å². The average molecular weight is 215 g/mol. The summed E-state index contributed by atoms with van der Waals surface area (Å²) in [5, 5.41) is 0. The number of nitrogens with two attached hydrogens (primary N) is 1. The minimum atomic E-state index is 0.833. The van der Waals surface area contributed by atoms with E-state index < -0.39 is 0 Å². The Morgan fingerprint density at radius 3 is 1.40 bits per heavy atom. The van der Waals surface area contributed by atoms with Crippen LogP contribution < -0.4 is 5.73 Å². The summed E-state index contributed by atoms with van der Waals surface area (Å²) in [5.41, 5.74) is 5.39. The van der Waals surface area contributed by atoms with Crippen molar-refractivity contribution in [3.8, 4) is 0 Å². The second kappa shape index (κ2) is 16.4. The Bertz CT molecular complexity index is 78.6. The summed E-state index contributed by atoms with van der Waals surface area (Å²) in [6.07, 6.45) is 11.0. The van der Waals surface area contributed by atoms with Gasteiger partial charge in [-0.25, -0.2) is 0 Å². The molecule has 0 fully saturated rings. The molecule has 0 saturated carbocycles. The zero-order valence-corrected chi connectivity index (χ0v) is 11.5. The van der Waals surface area contributed by atoms with E-state index >= 15 is 0 Å². The third-order valence-electron chi connectivity index (χ3n) is 2.06. The molecule has 0 aliphatic carbocycles. The second-order valence-electron chi connectivity index (χ2n) is 5.00. The first-order valence-corrected chi connectivity index (χ1v) is 6.85. The molecule has 0 aromatic rings. The van der Waals surface area contributed by atoms with Crippen LogP contribution in [-0.4, -0.2) is 6.54 Å². The van der Waals surface area contributed by atoms with Gasteiger partial charge in [0, 0.05) is 0 Å². The van der Waals surface area contributed by atoms with Gasteiger partial charge in [0.1, 0.15) is 0 Å². The maximum Gasteiger partial charge on any atom is -0.00773 e. The van der Waals surface area contributed by atoms with E-state index in [1.807, 2.05) is 0 Å². The van der Waals surface area contributed by atoms with Gasteiger partial charge in [0.25, 0.3) is 0 Å². The number of rotatable bonds is 8. The highest BCUT2D eigenvalue weighted by Crippen LogP contribution is 2.07. The summed E-state index contributed by atoms with van der Waals surface area (Å²) in [7, 11) is 0. The highest BCUT2D eigenvalue weighted by atomic mass is 14.5. The first-order valence-electron chi connectivity index (χ1n) is 6.85. The summed E-state index contributed by atoms with van der Waals surface area (Å²) in [6, 6.07) is 0. The van der Waals surface area contributed by atoms with E-state index in [1.165, 1.54) is 51.4 Å². The van der Waals surface area contributed by atoms with Crippen LogP contribution in [0.4, 0.5) is 0 Å².